The first kappa shape index (κ1) is 25.0. The summed E-state index contributed by atoms with van der Waals surface area (Å²) in [5.74, 6) is 0.0690. The third-order valence-electron chi connectivity index (χ3n) is 6.80. The lowest BCUT2D eigenvalue weighted by molar-refractivity contribution is -0.123. The van der Waals surface area contributed by atoms with E-state index >= 15 is 0 Å². The van der Waals surface area contributed by atoms with Crippen molar-refractivity contribution in [2.45, 2.75) is 52.1 Å². The van der Waals surface area contributed by atoms with Crippen LogP contribution in [-0.4, -0.2) is 48.9 Å². The highest BCUT2D eigenvalue weighted by Gasteiger charge is 2.43. The quantitative estimate of drug-likeness (QED) is 0.276. The lowest BCUT2D eigenvalue weighted by atomic mass is 10.1. The van der Waals surface area contributed by atoms with Crippen molar-refractivity contribution in [1.29, 1.82) is 0 Å². The van der Waals surface area contributed by atoms with Crippen LogP contribution in [0.5, 0.6) is 0 Å². The van der Waals surface area contributed by atoms with Gasteiger partial charge in [0.2, 0.25) is 0 Å². The maximum absolute atomic E-state index is 13.5. The van der Waals surface area contributed by atoms with Crippen LogP contribution in [0.3, 0.4) is 0 Å². The van der Waals surface area contributed by atoms with Gasteiger partial charge in [0.1, 0.15) is 11.5 Å². The summed E-state index contributed by atoms with van der Waals surface area (Å²) in [5, 5.41) is 11.2. The second-order valence-corrected chi connectivity index (χ2v) is 10.7. The molecule has 0 bridgehead atoms. The van der Waals surface area contributed by atoms with Crippen molar-refractivity contribution in [2.75, 3.05) is 6.54 Å². The third kappa shape index (κ3) is 5.51. The van der Waals surface area contributed by atoms with Gasteiger partial charge in [0.15, 0.2) is 0 Å². The number of nitrogens with zero attached hydrogens (tertiary/aromatic N) is 4. The topological polar surface area (TPSA) is 95.7 Å². The number of imidazole rings is 1. The highest BCUT2D eigenvalue weighted by molar-refractivity contribution is 7.09. The minimum absolute atomic E-state index is 0.234. The number of carbonyl (C=O) groups is 3. The molecule has 9 heteroatoms. The van der Waals surface area contributed by atoms with E-state index in [1.165, 1.54) is 4.90 Å². The van der Waals surface area contributed by atoms with Gasteiger partial charge in [0.05, 0.1) is 24.0 Å². The van der Waals surface area contributed by atoms with E-state index in [9.17, 15) is 19.5 Å². The molecule has 3 heterocycles. The monoisotopic (exact) mass is 518 g/mol. The van der Waals surface area contributed by atoms with Crippen LogP contribution in [-0.2, 0) is 24.3 Å². The van der Waals surface area contributed by atoms with Gasteiger partial charge >= 0.3 is 12.0 Å². The largest absolute Gasteiger partial charge is 0.478 e. The number of carbonyl (C=O) groups excluding carboxylic acids is 2. The van der Waals surface area contributed by atoms with E-state index in [0.717, 1.165) is 54.1 Å². The third-order valence-corrected chi connectivity index (χ3v) is 7.66. The van der Waals surface area contributed by atoms with Crippen molar-refractivity contribution in [3.63, 3.8) is 0 Å². The van der Waals surface area contributed by atoms with E-state index in [1.54, 1.807) is 52.8 Å². The molecule has 1 aliphatic heterocycles. The summed E-state index contributed by atoms with van der Waals surface area (Å²) >= 11 is 1.56. The molecule has 1 N–H and O–H groups in total. The number of hydrogen-bond acceptors (Lipinski definition) is 5. The van der Waals surface area contributed by atoms with Crippen LogP contribution in [0.2, 0.25) is 0 Å². The van der Waals surface area contributed by atoms with Gasteiger partial charge < -0.3 is 9.67 Å². The van der Waals surface area contributed by atoms with Crippen molar-refractivity contribution < 1.29 is 19.5 Å². The van der Waals surface area contributed by atoms with Gasteiger partial charge in [0, 0.05) is 24.4 Å². The Morgan fingerprint density at radius 3 is 2.57 bits per heavy atom. The molecule has 0 atom stereocenters. The SMILES string of the molecule is CCCCc1ncc(/C=C2/C(=O)N(CC3CC3)C(=O)N2Cc2cccs2)n1Cc1ccc(C(=O)O)cc1. The Bertz CT molecular complexity index is 1320. The number of benzene rings is 1. The molecule has 8 nitrogen and oxygen atoms in total. The van der Waals surface area contributed by atoms with Crippen LogP contribution in [0.4, 0.5) is 4.79 Å². The fourth-order valence-electron chi connectivity index (χ4n) is 4.50. The van der Waals surface area contributed by atoms with Gasteiger partial charge in [0.25, 0.3) is 5.91 Å². The second kappa shape index (κ2) is 10.7. The van der Waals surface area contributed by atoms with Gasteiger partial charge in [-0.15, -0.1) is 11.3 Å². The maximum atomic E-state index is 13.5. The van der Waals surface area contributed by atoms with E-state index in [1.807, 2.05) is 17.5 Å². The summed E-state index contributed by atoms with van der Waals surface area (Å²) in [6.45, 7) is 3.42. The van der Waals surface area contributed by atoms with Crippen molar-refractivity contribution in [3.8, 4) is 0 Å². The minimum Gasteiger partial charge on any atom is -0.478 e. The van der Waals surface area contributed by atoms with Crippen molar-refractivity contribution in [3.05, 3.63) is 81.2 Å². The number of imide groups is 1. The zero-order valence-corrected chi connectivity index (χ0v) is 21.6. The number of amides is 3. The Labute approximate surface area is 219 Å². The van der Waals surface area contributed by atoms with Crippen LogP contribution in [0.1, 0.15) is 64.9 Å². The van der Waals surface area contributed by atoms with Crippen molar-refractivity contribution >= 4 is 35.3 Å². The molecule has 2 fully saturated rings. The summed E-state index contributed by atoms with van der Waals surface area (Å²) in [6, 6.07) is 10.4. The molecule has 0 spiro atoms. The first-order valence-corrected chi connectivity index (χ1v) is 13.6. The molecule has 2 aromatic heterocycles. The fourth-order valence-corrected chi connectivity index (χ4v) is 5.19. The molecule has 1 aromatic carbocycles. The second-order valence-electron chi connectivity index (χ2n) is 9.63. The van der Waals surface area contributed by atoms with E-state index < -0.39 is 5.97 Å². The molecule has 0 unspecified atom stereocenters. The van der Waals surface area contributed by atoms with Crippen LogP contribution in [0, 0.1) is 5.92 Å². The van der Waals surface area contributed by atoms with E-state index in [4.69, 9.17) is 0 Å². The number of unbranched alkanes of at least 4 members (excludes halogenated alkanes) is 1. The maximum Gasteiger partial charge on any atom is 0.335 e. The van der Waals surface area contributed by atoms with Gasteiger partial charge in [-0.1, -0.05) is 31.5 Å². The zero-order valence-electron chi connectivity index (χ0n) is 20.8. The number of carboxylic acids is 1. The highest BCUT2D eigenvalue weighted by atomic mass is 32.1. The molecular formula is C28H30N4O4S. The summed E-state index contributed by atoms with van der Waals surface area (Å²) < 4.78 is 2.06. The van der Waals surface area contributed by atoms with Gasteiger partial charge in [-0.05, 0) is 60.4 Å². The first-order chi connectivity index (χ1) is 17.9. The number of aromatic carboxylic acids is 1. The van der Waals surface area contributed by atoms with E-state index in [0.29, 0.717) is 31.2 Å². The summed E-state index contributed by atoms with van der Waals surface area (Å²) in [5.41, 5.74) is 2.27. The highest BCUT2D eigenvalue weighted by Crippen LogP contribution is 2.34. The summed E-state index contributed by atoms with van der Waals surface area (Å²) in [6.07, 6.45) is 8.43. The van der Waals surface area contributed by atoms with Crippen molar-refractivity contribution in [1.82, 2.24) is 19.4 Å². The average Bonchev–Trinajstić information content (AvgIpc) is 3.34. The van der Waals surface area contributed by atoms with Gasteiger partial charge in [-0.2, -0.15) is 0 Å². The Morgan fingerprint density at radius 2 is 1.92 bits per heavy atom. The molecule has 3 aromatic rings. The van der Waals surface area contributed by atoms with Crippen LogP contribution < -0.4 is 0 Å². The molecule has 192 valence electrons. The molecule has 37 heavy (non-hydrogen) atoms. The number of rotatable bonds is 11. The number of hydrogen-bond donors (Lipinski definition) is 1. The number of thiophene rings is 1. The Morgan fingerprint density at radius 1 is 1.14 bits per heavy atom. The number of carboxylic acid groups (broad SMARTS) is 1. The predicted octanol–water partition coefficient (Wildman–Crippen LogP) is 5.25. The van der Waals surface area contributed by atoms with E-state index in [2.05, 4.69) is 16.5 Å². The normalized spacial score (nSPS) is 16.8. The molecule has 0 radical (unpaired) electrons. The zero-order chi connectivity index (χ0) is 25.9. The lowest BCUT2D eigenvalue weighted by Crippen LogP contribution is -2.34. The molecule has 1 saturated heterocycles. The van der Waals surface area contributed by atoms with Crippen LogP contribution >= 0.6 is 11.3 Å². The molecule has 1 saturated carbocycles. The number of aromatic nitrogens is 2. The summed E-state index contributed by atoms with van der Waals surface area (Å²) in [7, 11) is 0. The molecular weight excluding hydrogens is 488 g/mol. The van der Waals surface area contributed by atoms with Crippen molar-refractivity contribution in [2.24, 2.45) is 5.92 Å². The summed E-state index contributed by atoms with van der Waals surface area (Å²) in [4.78, 5) is 46.7. The molecule has 2 aliphatic rings. The molecule has 3 amide bonds. The molecule has 1 aliphatic carbocycles. The fraction of sp³-hybridized carbons (Fsp3) is 0.357. The average molecular weight is 519 g/mol. The lowest BCUT2D eigenvalue weighted by Gasteiger charge is -2.16. The standard InChI is InChI=1S/C28H30N4O4S/c1-2-3-6-25-29-15-22(30(25)16-20-9-11-21(12-10-20)27(34)35)14-24-26(33)32(17-19-7-8-19)28(36)31(24)18-23-5-4-13-37-23/h4-5,9-15,19H,2-3,6-8,16-18H2,1H3,(H,34,35)/b24-14-. The number of aryl methyl sites for hydroxylation is 1. The Hall–Kier alpha value is -3.72. The van der Waals surface area contributed by atoms with E-state index in [-0.39, 0.29) is 17.5 Å². The first-order valence-electron chi connectivity index (χ1n) is 12.7. The minimum atomic E-state index is -0.964. The van der Waals surface area contributed by atoms with Gasteiger partial charge in [-0.25, -0.2) is 14.6 Å². The Balaban J connectivity index is 1.50. The van der Waals surface area contributed by atoms with Crippen LogP contribution in [0.25, 0.3) is 6.08 Å². The van der Waals surface area contributed by atoms with Gasteiger partial charge in [-0.3, -0.25) is 14.6 Å². The smallest absolute Gasteiger partial charge is 0.335 e. The number of urea groups is 1. The molecule has 5 rings (SSSR count). The Kier molecular flexibility index (Phi) is 7.23. The van der Waals surface area contributed by atoms with Crippen LogP contribution in [0.15, 0.2) is 53.7 Å². The predicted molar refractivity (Wildman–Crippen MR) is 141 cm³/mol.